The number of halogens is 4. The lowest BCUT2D eigenvalue weighted by molar-refractivity contribution is -0.176. The molecule has 2 aromatic rings. The summed E-state index contributed by atoms with van der Waals surface area (Å²) in [5, 5.41) is 10.6. The molecule has 2 N–H and O–H groups in total. The van der Waals surface area contributed by atoms with E-state index >= 15 is 0 Å². The number of alkyl halides is 3. The van der Waals surface area contributed by atoms with E-state index in [0.717, 1.165) is 30.6 Å². The Labute approximate surface area is 185 Å². The van der Waals surface area contributed by atoms with Crippen molar-refractivity contribution in [2.45, 2.75) is 32.7 Å². The maximum absolute atomic E-state index is 12.1. The molecule has 0 fully saturated rings. The van der Waals surface area contributed by atoms with Gasteiger partial charge in [-0.15, -0.1) is 24.0 Å². The van der Waals surface area contributed by atoms with Gasteiger partial charge < -0.3 is 15.4 Å². The SMILES string of the molecule is CCNC(=NCc1ccc(COCC(F)(F)F)cc1)NCCc1cnn(C)c1.I. The molecule has 1 heterocycles. The first-order chi connectivity index (χ1) is 13.4. The molecule has 0 saturated carbocycles. The normalized spacial score (nSPS) is 11.8. The number of benzene rings is 1. The Morgan fingerprint density at radius 2 is 1.83 bits per heavy atom. The third-order valence-corrected chi connectivity index (χ3v) is 3.79. The summed E-state index contributed by atoms with van der Waals surface area (Å²) in [5.74, 6) is 0.712. The van der Waals surface area contributed by atoms with E-state index in [1.54, 1.807) is 16.8 Å². The van der Waals surface area contributed by atoms with Crippen LogP contribution in [-0.2, 0) is 31.4 Å². The van der Waals surface area contributed by atoms with Crippen molar-refractivity contribution in [3.63, 3.8) is 0 Å². The molecule has 29 heavy (non-hydrogen) atoms. The summed E-state index contributed by atoms with van der Waals surface area (Å²) in [7, 11) is 1.89. The van der Waals surface area contributed by atoms with Crippen LogP contribution in [0.25, 0.3) is 0 Å². The highest BCUT2D eigenvalue weighted by atomic mass is 127. The van der Waals surface area contributed by atoms with Gasteiger partial charge in [-0.25, -0.2) is 4.99 Å². The number of rotatable bonds is 9. The minimum absolute atomic E-state index is 0. The fourth-order valence-electron chi connectivity index (χ4n) is 2.46. The molecule has 0 bridgehead atoms. The quantitative estimate of drug-likeness (QED) is 0.300. The van der Waals surface area contributed by atoms with E-state index in [2.05, 4.69) is 25.5 Å². The predicted molar refractivity (Wildman–Crippen MR) is 117 cm³/mol. The van der Waals surface area contributed by atoms with Gasteiger partial charge in [-0.1, -0.05) is 24.3 Å². The van der Waals surface area contributed by atoms with E-state index in [0.29, 0.717) is 18.1 Å². The van der Waals surface area contributed by atoms with Crippen LogP contribution in [-0.4, -0.2) is 41.6 Å². The largest absolute Gasteiger partial charge is 0.411 e. The maximum atomic E-state index is 12.1. The van der Waals surface area contributed by atoms with E-state index in [1.165, 1.54) is 0 Å². The molecule has 0 radical (unpaired) electrons. The number of hydrogen-bond donors (Lipinski definition) is 2. The number of nitrogens with zero attached hydrogens (tertiary/aromatic N) is 3. The molecule has 0 saturated heterocycles. The summed E-state index contributed by atoms with van der Waals surface area (Å²) in [4.78, 5) is 4.54. The van der Waals surface area contributed by atoms with Crippen LogP contribution in [0.3, 0.4) is 0 Å². The Hall–Kier alpha value is -1.82. The third kappa shape index (κ3) is 10.5. The molecule has 0 atom stereocenters. The Morgan fingerprint density at radius 1 is 1.14 bits per heavy atom. The van der Waals surface area contributed by atoms with Crippen molar-refractivity contribution >= 4 is 29.9 Å². The van der Waals surface area contributed by atoms with Gasteiger partial charge in [0.05, 0.1) is 19.3 Å². The zero-order chi connectivity index (χ0) is 20.4. The summed E-state index contributed by atoms with van der Waals surface area (Å²) in [6, 6.07) is 7.19. The fraction of sp³-hybridized carbons (Fsp3) is 0.474. The fourth-order valence-corrected chi connectivity index (χ4v) is 2.46. The summed E-state index contributed by atoms with van der Waals surface area (Å²) >= 11 is 0. The van der Waals surface area contributed by atoms with Gasteiger partial charge in [0.25, 0.3) is 0 Å². The van der Waals surface area contributed by atoms with Crippen LogP contribution in [0.15, 0.2) is 41.7 Å². The number of nitrogens with one attached hydrogen (secondary N) is 2. The van der Waals surface area contributed by atoms with Gasteiger partial charge in [-0.05, 0) is 30.0 Å². The van der Waals surface area contributed by atoms with Crippen LogP contribution in [0.4, 0.5) is 13.2 Å². The Kier molecular flexibility index (Phi) is 11.0. The minimum Gasteiger partial charge on any atom is -0.367 e. The van der Waals surface area contributed by atoms with E-state index < -0.39 is 12.8 Å². The van der Waals surface area contributed by atoms with Crippen LogP contribution in [0, 0.1) is 0 Å². The third-order valence-electron chi connectivity index (χ3n) is 3.79. The average molecular weight is 525 g/mol. The van der Waals surface area contributed by atoms with Crippen molar-refractivity contribution in [1.29, 1.82) is 0 Å². The van der Waals surface area contributed by atoms with Crippen molar-refractivity contribution in [3.05, 3.63) is 53.3 Å². The van der Waals surface area contributed by atoms with Crippen molar-refractivity contribution < 1.29 is 17.9 Å². The van der Waals surface area contributed by atoms with E-state index in [1.807, 2.05) is 38.5 Å². The molecule has 0 spiro atoms. The highest BCUT2D eigenvalue weighted by Gasteiger charge is 2.27. The molecule has 6 nitrogen and oxygen atoms in total. The zero-order valence-electron chi connectivity index (χ0n) is 16.5. The van der Waals surface area contributed by atoms with E-state index in [4.69, 9.17) is 0 Å². The lowest BCUT2D eigenvalue weighted by Crippen LogP contribution is -2.38. The summed E-state index contributed by atoms with van der Waals surface area (Å²) in [6.45, 7) is 2.62. The molecular formula is C19H27F3IN5O. The Morgan fingerprint density at radius 3 is 2.41 bits per heavy atom. The molecule has 2 rings (SSSR count). The number of aromatic nitrogens is 2. The predicted octanol–water partition coefficient (Wildman–Crippen LogP) is 3.41. The number of ether oxygens (including phenoxy) is 1. The van der Waals surface area contributed by atoms with Crippen molar-refractivity contribution in [3.8, 4) is 0 Å². The van der Waals surface area contributed by atoms with Gasteiger partial charge in [0.15, 0.2) is 5.96 Å². The number of hydrogen-bond acceptors (Lipinski definition) is 3. The molecule has 0 unspecified atom stereocenters. The number of aryl methyl sites for hydroxylation is 1. The first kappa shape index (κ1) is 25.2. The molecule has 0 aliphatic carbocycles. The maximum Gasteiger partial charge on any atom is 0.411 e. The smallest absolute Gasteiger partial charge is 0.367 e. The molecule has 1 aromatic carbocycles. The van der Waals surface area contributed by atoms with Crippen LogP contribution in [0.5, 0.6) is 0 Å². The first-order valence-corrected chi connectivity index (χ1v) is 9.07. The lowest BCUT2D eigenvalue weighted by Gasteiger charge is -2.11. The van der Waals surface area contributed by atoms with Gasteiger partial charge in [0.1, 0.15) is 6.61 Å². The van der Waals surface area contributed by atoms with Crippen molar-refractivity contribution in [2.75, 3.05) is 19.7 Å². The van der Waals surface area contributed by atoms with E-state index in [-0.39, 0.29) is 30.6 Å². The summed E-state index contributed by atoms with van der Waals surface area (Å²) in [6.07, 6.45) is 0.351. The van der Waals surface area contributed by atoms with Gasteiger partial charge in [0, 0.05) is 26.3 Å². The second-order valence-electron chi connectivity index (χ2n) is 6.32. The highest BCUT2D eigenvalue weighted by Crippen LogP contribution is 2.16. The topological polar surface area (TPSA) is 63.5 Å². The second kappa shape index (κ2) is 12.7. The summed E-state index contributed by atoms with van der Waals surface area (Å²) in [5.41, 5.74) is 2.80. The molecule has 162 valence electrons. The van der Waals surface area contributed by atoms with Crippen LogP contribution >= 0.6 is 24.0 Å². The monoisotopic (exact) mass is 525 g/mol. The molecule has 0 aliphatic heterocycles. The Balaban J connectivity index is 0.00000420. The number of aliphatic imine (C=N–C) groups is 1. The van der Waals surface area contributed by atoms with Crippen LogP contribution in [0.1, 0.15) is 23.6 Å². The van der Waals surface area contributed by atoms with Gasteiger partial charge >= 0.3 is 6.18 Å². The first-order valence-electron chi connectivity index (χ1n) is 9.07. The van der Waals surface area contributed by atoms with E-state index in [9.17, 15) is 13.2 Å². The molecule has 0 amide bonds. The highest BCUT2D eigenvalue weighted by molar-refractivity contribution is 14.0. The van der Waals surface area contributed by atoms with Crippen molar-refractivity contribution in [2.24, 2.45) is 12.0 Å². The zero-order valence-corrected chi connectivity index (χ0v) is 18.8. The number of guanidine groups is 1. The van der Waals surface area contributed by atoms with Gasteiger partial charge in [-0.3, -0.25) is 4.68 Å². The van der Waals surface area contributed by atoms with Crippen molar-refractivity contribution in [1.82, 2.24) is 20.4 Å². The molecule has 10 heteroatoms. The van der Waals surface area contributed by atoms with Gasteiger partial charge in [-0.2, -0.15) is 18.3 Å². The van der Waals surface area contributed by atoms with Crippen LogP contribution < -0.4 is 10.6 Å². The second-order valence-corrected chi connectivity index (χ2v) is 6.32. The molecular weight excluding hydrogens is 498 g/mol. The standard InChI is InChI=1S/C19H26F3N5O.HI/c1-3-23-18(24-9-8-17-11-26-27(2)12-17)25-10-15-4-6-16(7-5-15)13-28-14-19(20,21)22;/h4-7,11-12H,3,8-10,13-14H2,1-2H3,(H2,23,24,25);1H. The summed E-state index contributed by atoms with van der Waals surface area (Å²) < 4.78 is 42.7. The lowest BCUT2D eigenvalue weighted by atomic mass is 10.1. The minimum atomic E-state index is -4.30. The molecule has 1 aromatic heterocycles. The average Bonchev–Trinajstić information content (AvgIpc) is 3.05. The van der Waals surface area contributed by atoms with Gasteiger partial charge in [0.2, 0.25) is 0 Å². The Bertz CT molecular complexity index is 747. The van der Waals surface area contributed by atoms with Crippen LogP contribution in [0.2, 0.25) is 0 Å². The molecule has 0 aliphatic rings.